The molecule has 0 aromatic carbocycles. The van der Waals surface area contributed by atoms with Gasteiger partial charge in [-0.3, -0.25) is 0 Å². The number of hydrogen-bond donors (Lipinski definition) is 0. The molecule has 0 saturated heterocycles. The fourth-order valence-electron chi connectivity index (χ4n) is 1.05. The number of ether oxygens (including phenoxy) is 1. The Hall–Kier alpha value is -0.0800. The van der Waals surface area contributed by atoms with Gasteiger partial charge in [0, 0.05) is 0 Å². The van der Waals surface area contributed by atoms with Gasteiger partial charge in [-0.2, -0.15) is 0 Å². The van der Waals surface area contributed by atoms with Crippen molar-refractivity contribution in [3.05, 3.63) is 0 Å². The molecule has 0 fully saturated rings. The van der Waals surface area contributed by atoms with E-state index in [1.165, 1.54) is 6.92 Å². The molecule has 0 spiro atoms. The minimum atomic E-state index is -0.881. The summed E-state index contributed by atoms with van der Waals surface area (Å²) in [7, 11) is 0. The van der Waals surface area contributed by atoms with Crippen LogP contribution in [0.5, 0.6) is 0 Å². The molecule has 0 aromatic heterocycles. The van der Waals surface area contributed by atoms with Gasteiger partial charge in [-0.1, -0.05) is 13.8 Å². The summed E-state index contributed by atoms with van der Waals surface area (Å²) in [5.74, 6) is 0.605. The summed E-state index contributed by atoms with van der Waals surface area (Å²) < 4.78 is 5.01. The van der Waals surface area contributed by atoms with Crippen molar-refractivity contribution in [1.82, 2.24) is 0 Å². The molecule has 61 valence electrons. The van der Waals surface area contributed by atoms with E-state index in [0.29, 0.717) is 5.92 Å². The maximum Gasteiger partial charge on any atom is 0.188 e. The molecular formula is C8H17O2. The molecule has 0 amide bonds. The lowest BCUT2D eigenvalue weighted by Crippen LogP contribution is -2.17. The quantitative estimate of drug-likeness (QED) is 0.557. The van der Waals surface area contributed by atoms with Crippen molar-refractivity contribution >= 4 is 0 Å². The van der Waals surface area contributed by atoms with E-state index < -0.39 is 6.29 Å². The number of hydrogen-bond acceptors (Lipinski definition) is 1. The molecule has 0 aromatic rings. The summed E-state index contributed by atoms with van der Waals surface area (Å²) in [5.41, 5.74) is 0. The smallest absolute Gasteiger partial charge is 0.188 e. The third-order valence-electron chi connectivity index (χ3n) is 1.23. The average molecular weight is 145 g/mol. The number of rotatable bonds is 4. The van der Waals surface area contributed by atoms with E-state index in [1.807, 2.05) is 6.92 Å². The maximum absolute atomic E-state index is 10.5. The first-order valence-corrected chi connectivity index (χ1v) is 3.83. The van der Waals surface area contributed by atoms with E-state index in [9.17, 15) is 5.11 Å². The van der Waals surface area contributed by atoms with E-state index in [2.05, 4.69) is 13.8 Å². The van der Waals surface area contributed by atoms with Crippen LogP contribution in [0.25, 0.3) is 0 Å². The Kier molecular flexibility index (Phi) is 4.65. The third kappa shape index (κ3) is 6.05. The maximum atomic E-state index is 10.5. The Balaban J connectivity index is 3.34. The minimum absolute atomic E-state index is 0.104. The molecular weight excluding hydrogens is 128 g/mol. The highest BCUT2D eigenvalue weighted by molar-refractivity contribution is 4.53. The van der Waals surface area contributed by atoms with Crippen LogP contribution < -0.4 is 0 Å². The van der Waals surface area contributed by atoms with Crippen molar-refractivity contribution in [3.63, 3.8) is 0 Å². The highest BCUT2D eigenvalue weighted by atomic mass is 16.6. The summed E-state index contributed by atoms with van der Waals surface area (Å²) in [6, 6.07) is 0. The summed E-state index contributed by atoms with van der Waals surface area (Å²) in [6.07, 6.45) is 0.188. The lowest BCUT2D eigenvalue weighted by molar-refractivity contribution is -0.156. The van der Waals surface area contributed by atoms with Gasteiger partial charge in [0.1, 0.15) is 0 Å². The van der Waals surface area contributed by atoms with Crippen LogP contribution in [0.2, 0.25) is 0 Å². The summed E-state index contributed by atoms with van der Waals surface area (Å²) >= 11 is 0. The van der Waals surface area contributed by atoms with Crippen LogP contribution in [-0.2, 0) is 9.84 Å². The summed E-state index contributed by atoms with van der Waals surface area (Å²) in [4.78, 5) is 0. The Morgan fingerprint density at radius 3 is 2.00 bits per heavy atom. The molecule has 0 N–H and O–H groups in total. The van der Waals surface area contributed by atoms with Crippen LogP contribution in [0.15, 0.2) is 0 Å². The largest absolute Gasteiger partial charge is 0.347 e. The van der Waals surface area contributed by atoms with Crippen molar-refractivity contribution in [2.75, 3.05) is 0 Å². The highest BCUT2D eigenvalue weighted by Gasteiger charge is 2.07. The molecule has 2 unspecified atom stereocenters. The molecule has 0 aliphatic carbocycles. The van der Waals surface area contributed by atoms with Crippen LogP contribution in [-0.4, -0.2) is 12.4 Å². The third-order valence-corrected chi connectivity index (χ3v) is 1.23. The van der Waals surface area contributed by atoms with Gasteiger partial charge in [0.25, 0.3) is 0 Å². The van der Waals surface area contributed by atoms with Crippen molar-refractivity contribution in [2.45, 2.75) is 46.5 Å². The lowest BCUT2D eigenvalue weighted by Gasteiger charge is -2.15. The first kappa shape index (κ1) is 9.92. The topological polar surface area (TPSA) is 29.1 Å². The summed E-state index contributed by atoms with van der Waals surface area (Å²) in [6.45, 7) is 7.70. The molecule has 1 radical (unpaired) electrons. The first-order valence-electron chi connectivity index (χ1n) is 3.83. The van der Waals surface area contributed by atoms with Crippen LogP contribution >= 0.6 is 0 Å². The van der Waals surface area contributed by atoms with Crippen LogP contribution in [0.1, 0.15) is 34.1 Å². The molecule has 0 rings (SSSR count). The molecule has 0 heterocycles. The highest BCUT2D eigenvalue weighted by Crippen LogP contribution is 2.08. The zero-order valence-corrected chi connectivity index (χ0v) is 7.26. The average Bonchev–Trinajstić information content (AvgIpc) is 1.58. The molecule has 0 aliphatic rings. The van der Waals surface area contributed by atoms with E-state index in [-0.39, 0.29) is 6.10 Å². The molecule has 2 nitrogen and oxygen atoms in total. The monoisotopic (exact) mass is 145 g/mol. The van der Waals surface area contributed by atoms with Crippen molar-refractivity contribution in [1.29, 1.82) is 0 Å². The minimum Gasteiger partial charge on any atom is -0.347 e. The van der Waals surface area contributed by atoms with Gasteiger partial charge in [0.15, 0.2) is 6.29 Å². The second kappa shape index (κ2) is 4.69. The predicted octanol–water partition coefficient (Wildman–Crippen LogP) is 2.21. The Morgan fingerprint density at radius 2 is 1.70 bits per heavy atom. The second-order valence-electron chi connectivity index (χ2n) is 3.14. The van der Waals surface area contributed by atoms with E-state index in [0.717, 1.165) is 6.42 Å². The van der Waals surface area contributed by atoms with Gasteiger partial charge in [-0.25, -0.2) is 5.11 Å². The fraction of sp³-hybridized carbons (Fsp3) is 1.00. The van der Waals surface area contributed by atoms with Crippen LogP contribution in [0.3, 0.4) is 0 Å². The Bertz CT molecular complexity index is 69.3. The zero-order chi connectivity index (χ0) is 8.15. The molecule has 0 saturated carbocycles. The molecule has 2 heteroatoms. The van der Waals surface area contributed by atoms with Gasteiger partial charge in [-0.15, -0.1) is 0 Å². The fourth-order valence-corrected chi connectivity index (χ4v) is 1.05. The first-order chi connectivity index (χ1) is 4.52. The molecule has 0 aliphatic heterocycles. The normalized spacial score (nSPS) is 17.4. The Morgan fingerprint density at radius 1 is 1.20 bits per heavy atom. The van der Waals surface area contributed by atoms with Crippen molar-refractivity contribution in [2.24, 2.45) is 5.92 Å². The molecule has 2 atom stereocenters. The van der Waals surface area contributed by atoms with Crippen molar-refractivity contribution < 1.29 is 9.84 Å². The Labute approximate surface area is 63.2 Å². The van der Waals surface area contributed by atoms with Gasteiger partial charge < -0.3 is 4.74 Å². The van der Waals surface area contributed by atoms with Crippen LogP contribution in [0, 0.1) is 5.92 Å². The molecule has 10 heavy (non-hydrogen) atoms. The van der Waals surface area contributed by atoms with E-state index in [1.54, 1.807) is 0 Å². The van der Waals surface area contributed by atoms with Gasteiger partial charge in [0.05, 0.1) is 6.10 Å². The van der Waals surface area contributed by atoms with Gasteiger partial charge >= 0.3 is 0 Å². The molecule has 0 bridgehead atoms. The van der Waals surface area contributed by atoms with Crippen LogP contribution in [0.4, 0.5) is 0 Å². The van der Waals surface area contributed by atoms with Gasteiger partial charge in [-0.05, 0) is 26.2 Å². The summed E-state index contributed by atoms with van der Waals surface area (Å²) in [5, 5.41) is 10.5. The standard InChI is InChI=1S/C8H17O2/c1-6(2)5-7(3)10-8(4)9/h6-8H,5H2,1-4H3. The van der Waals surface area contributed by atoms with E-state index >= 15 is 0 Å². The SMILES string of the molecule is CC(C)CC(C)OC(C)[O]. The van der Waals surface area contributed by atoms with E-state index in [4.69, 9.17) is 4.74 Å². The lowest BCUT2D eigenvalue weighted by atomic mass is 10.1. The van der Waals surface area contributed by atoms with Crippen molar-refractivity contribution in [3.8, 4) is 0 Å². The zero-order valence-electron chi connectivity index (χ0n) is 7.26. The van der Waals surface area contributed by atoms with Gasteiger partial charge in [0.2, 0.25) is 0 Å². The predicted molar refractivity (Wildman–Crippen MR) is 40.2 cm³/mol. The second-order valence-corrected chi connectivity index (χ2v) is 3.14.